The van der Waals surface area contributed by atoms with Gasteiger partial charge in [0.2, 0.25) is 5.91 Å². The number of aromatic nitrogens is 2. The molecular weight excluding hydrogens is 386 g/mol. The Balaban J connectivity index is 1.62. The Morgan fingerprint density at radius 1 is 1.21 bits per heavy atom. The van der Waals surface area contributed by atoms with E-state index in [9.17, 15) is 13.2 Å². The van der Waals surface area contributed by atoms with Gasteiger partial charge in [-0.25, -0.2) is 8.42 Å². The topological polar surface area (TPSA) is 72.3 Å². The van der Waals surface area contributed by atoms with Crippen molar-refractivity contribution < 1.29 is 13.2 Å². The lowest BCUT2D eigenvalue weighted by atomic mass is 10.1. The Hall–Kier alpha value is -2.15. The van der Waals surface area contributed by atoms with Gasteiger partial charge >= 0.3 is 0 Å². The van der Waals surface area contributed by atoms with E-state index in [1.165, 1.54) is 11.1 Å². The SMILES string of the molecule is CCc1ccc(CCC(=O)N(C)Cc2c(C)nn([C@@H]3CCS(=O)(=O)C3)c2C)cc1. The van der Waals surface area contributed by atoms with Crippen molar-refractivity contribution in [2.24, 2.45) is 0 Å². The van der Waals surface area contributed by atoms with Gasteiger partial charge in [-0.3, -0.25) is 9.48 Å². The molecule has 1 fully saturated rings. The molecular formula is C22H31N3O3S. The van der Waals surface area contributed by atoms with Gasteiger partial charge in [0.1, 0.15) is 0 Å². The van der Waals surface area contributed by atoms with Crippen molar-refractivity contribution in [2.45, 2.75) is 59.0 Å². The first-order valence-corrected chi connectivity index (χ1v) is 12.1. The predicted octanol–water partition coefficient (Wildman–Crippen LogP) is 3.01. The summed E-state index contributed by atoms with van der Waals surface area (Å²) >= 11 is 0. The lowest BCUT2D eigenvalue weighted by Crippen LogP contribution is -2.27. The quantitative estimate of drug-likeness (QED) is 0.694. The van der Waals surface area contributed by atoms with Crippen molar-refractivity contribution in [3.05, 3.63) is 52.3 Å². The molecule has 0 bridgehead atoms. The molecule has 1 aliphatic heterocycles. The first-order chi connectivity index (χ1) is 13.7. The average Bonchev–Trinajstić information content (AvgIpc) is 3.19. The van der Waals surface area contributed by atoms with Crippen LogP contribution >= 0.6 is 0 Å². The Labute approximate surface area is 173 Å². The molecule has 7 heteroatoms. The first-order valence-electron chi connectivity index (χ1n) is 10.3. The third kappa shape index (κ3) is 5.07. The van der Waals surface area contributed by atoms with Gasteiger partial charge in [0.05, 0.1) is 23.2 Å². The van der Waals surface area contributed by atoms with Gasteiger partial charge in [0.15, 0.2) is 9.84 Å². The van der Waals surface area contributed by atoms with Gasteiger partial charge in [-0.2, -0.15) is 5.10 Å². The summed E-state index contributed by atoms with van der Waals surface area (Å²) in [6.07, 6.45) is 2.82. The molecule has 0 N–H and O–H groups in total. The second-order valence-corrected chi connectivity index (χ2v) is 10.3. The Morgan fingerprint density at radius 3 is 2.45 bits per heavy atom. The van der Waals surface area contributed by atoms with Crippen LogP contribution in [-0.4, -0.2) is 47.6 Å². The normalized spacial score (nSPS) is 18.1. The van der Waals surface area contributed by atoms with E-state index in [2.05, 4.69) is 36.3 Å². The number of rotatable bonds is 7. The molecule has 1 amide bonds. The summed E-state index contributed by atoms with van der Waals surface area (Å²) < 4.78 is 25.5. The smallest absolute Gasteiger partial charge is 0.222 e. The summed E-state index contributed by atoms with van der Waals surface area (Å²) in [6, 6.07) is 8.33. The summed E-state index contributed by atoms with van der Waals surface area (Å²) in [5.74, 6) is 0.475. The fraction of sp³-hybridized carbons (Fsp3) is 0.545. The van der Waals surface area contributed by atoms with Gasteiger partial charge in [0, 0.05) is 31.3 Å². The summed E-state index contributed by atoms with van der Waals surface area (Å²) in [5, 5.41) is 4.59. The maximum absolute atomic E-state index is 12.6. The van der Waals surface area contributed by atoms with Gasteiger partial charge in [-0.05, 0) is 44.2 Å². The number of amides is 1. The molecule has 6 nitrogen and oxygen atoms in total. The first kappa shape index (κ1) is 21.6. The van der Waals surface area contributed by atoms with Crippen molar-refractivity contribution in [3.63, 3.8) is 0 Å². The summed E-state index contributed by atoms with van der Waals surface area (Å²) in [6.45, 7) is 6.51. The number of hydrogen-bond donors (Lipinski definition) is 0. The standard InChI is InChI=1S/C22H31N3O3S/c1-5-18-6-8-19(9-7-18)10-11-22(26)24(4)14-21-16(2)23-25(17(21)3)20-12-13-29(27,28)15-20/h6-9,20H,5,10-15H2,1-4H3/t20-/m1/s1. The van der Waals surface area contributed by atoms with Crippen LogP contribution < -0.4 is 0 Å². The minimum atomic E-state index is -2.96. The minimum absolute atomic E-state index is 0.0968. The van der Waals surface area contributed by atoms with Crippen molar-refractivity contribution in [3.8, 4) is 0 Å². The maximum Gasteiger partial charge on any atom is 0.222 e. The number of nitrogens with zero attached hydrogens (tertiary/aromatic N) is 3. The second-order valence-electron chi connectivity index (χ2n) is 8.07. The van der Waals surface area contributed by atoms with E-state index in [0.29, 0.717) is 19.4 Å². The molecule has 2 heterocycles. The van der Waals surface area contributed by atoms with Gasteiger partial charge in [-0.15, -0.1) is 0 Å². The van der Waals surface area contributed by atoms with Gasteiger partial charge in [-0.1, -0.05) is 31.2 Å². The Kier molecular flexibility index (Phi) is 6.46. The van der Waals surface area contributed by atoms with Crippen LogP contribution in [-0.2, 0) is 34.0 Å². The van der Waals surface area contributed by atoms with E-state index in [4.69, 9.17) is 0 Å². The molecule has 1 saturated heterocycles. The molecule has 0 radical (unpaired) electrons. The molecule has 0 unspecified atom stereocenters. The molecule has 1 aliphatic rings. The third-order valence-electron chi connectivity index (χ3n) is 5.91. The van der Waals surface area contributed by atoms with Crippen LogP contribution in [0.2, 0.25) is 0 Å². The number of hydrogen-bond acceptors (Lipinski definition) is 4. The van der Waals surface area contributed by atoms with Crippen LogP contribution in [0.15, 0.2) is 24.3 Å². The summed E-state index contributed by atoms with van der Waals surface area (Å²) in [5.41, 5.74) is 5.31. The molecule has 0 aliphatic carbocycles. The number of carbonyl (C=O) groups excluding carboxylic acids is 1. The number of sulfone groups is 1. The molecule has 29 heavy (non-hydrogen) atoms. The van der Waals surface area contributed by atoms with Crippen LogP contribution in [0, 0.1) is 13.8 Å². The maximum atomic E-state index is 12.6. The lowest BCUT2D eigenvalue weighted by molar-refractivity contribution is -0.130. The van der Waals surface area contributed by atoms with Gasteiger partial charge < -0.3 is 4.90 Å². The highest BCUT2D eigenvalue weighted by molar-refractivity contribution is 7.91. The van der Waals surface area contributed by atoms with E-state index in [-0.39, 0.29) is 23.5 Å². The molecule has 1 aromatic heterocycles. The van der Waals surface area contributed by atoms with Crippen LogP contribution in [0.1, 0.15) is 53.9 Å². The zero-order chi connectivity index (χ0) is 21.2. The Morgan fingerprint density at radius 2 is 1.86 bits per heavy atom. The molecule has 0 spiro atoms. The van der Waals surface area contributed by atoms with Crippen LogP contribution in [0.4, 0.5) is 0 Å². The second kappa shape index (κ2) is 8.69. The Bertz CT molecular complexity index is 977. The molecule has 2 aromatic rings. The molecule has 1 aromatic carbocycles. The third-order valence-corrected chi connectivity index (χ3v) is 7.66. The van der Waals surface area contributed by atoms with E-state index in [1.807, 2.05) is 25.6 Å². The van der Waals surface area contributed by atoms with Crippen molar-refractivity contribution in [2.75, 3.05) is 18.6 Å². The summed E-state index contributed by atoms with van der Waals surface area (Å²) in [7, 11) is -1.15. The fourth-order valence-corrected chi connectivity index (χ4v) is 5.65. The van der Waals surface area contributed by atoms with Crippen molar-refractivity contribution >= 4 is 15.7 Å². The van der Waals surface area contributed by atoms with Crippen LogP contribution in [0.3, 0.4) is 0 Å². The van der Waals surface area contributed by atoms with E-state index in [0.717, 1.165) is 29.8 Å². The molecule has 0 saturated carbocycles. The minimum Gasteiger partial charge on any atom is -0.341 e. The number of carbonyl (C=O) groups is 1. The fourth-order valence-electron chi connectivity index (χ4n) is 3.96. The van der Waals surface area contributed by atoms with Crippen LogP contribution in [0.5, 0.6) is 0 Å². The van der Waals surface area contributed by atoms with Gasteiger partial charge in [0.25, 0.3) is 0 Å². The van der Waals surface area contributed by atoms with E-state index >= 15 is 0 Å². The molecule has 3 rings (SSSR count). The number of benzene rings is 1. The largest absolute Gasteiger partial charge is 0.341 e. The molecule has 158 valence electrons. The average molecular weight is 418 g/mol. The van der Waals surface area contributed by atoms with E-state index in [1.54, 1.807) is 4.90 Å². The zero-order valence-corrected chi connectivity index (χ0v) is 18.6. The molecule has 1 atom stereocenters. The summed E-state index contributed by atoms with van der Waals surface area (Å²) in [4.78, 5) is 14.4. The highest BCUT2D eigenvalue weighted by Crippen LogP contribution is 2.27. The monoisotopic (exact) mass is 417 g/mol. The van der Waals surface area contributed by atoms with E-state index < -0.39 is 9.84 Å². The van der Waals surface area contributed by atoms with Crippen molar-refractivity contribution in [1.82, 2.24) is 14.7 Å². The highest BCUT2D eigenvalue weighted by atomic mass is 32.2. The predicted molar refractivity (Wildman–Crippen MR) is 115 cm³/mol. The van der Waals surface area contributed by atoms with Crippen molar-refractivity contribution in [1.29, 1.82) is 0 Å². The van der Waals surface area contributed by atoms with Crippen LogP contribution in [0.25, 0.3) is 0 Å². The lowest BCUT2D eigenvalue weighted by Gasteiger charge is -2.18. The zero-order valence-electron chi connectivity index (χ0n) is 17.8. The number of aryl methyl sites for hydroxylation is 3. The highest BCUT2D eigenvalue weighted by Gasteiger charge is 2.31.